The summed E-state index contributed by atoms with van der Waals surface area (Å²) in [6.45, 7) is 21.8. The Morgan fingerprint density at radius 2 is 1.66 bits per heavy atom. The molecule has 5 N–H and O–H groups in total. The van der Waals surface area contributed by atoms with E-state index in [1.165, 1.54) is 15.3 Å². The highest BCUT2D eigenvalue weighted by Crippen LogP contribution is 2.34. The number of likely N-dealkylation sites (tertiary alicyclic amines) is 1. The van der Waals surface area contributed by atoms with Crippen molar-refractivity contribution in [3.05, 3.63) is 12.7 Å². The molecule has 14 heteroatoms. The van der Waals surface area contributed by atoms with Crippen molar-refractivity contribution in [1.82, 2.24) is 30.5 Å². The molecule has 0 saturated carbocycles. The molecular formula is C33H60N6O7S. The van der Waals surface area contributed by atoms with E-state index in [1.807, 2.05) is 62.3 Å². The molecule has 0 aromatic rings. The van der Waals surface area contributed by atoms with E-state index in [-0.39, 0.29) is 43.0 Å². The molecule has 270 valence electrons. The molecule has 0 aliphatic carbocycles. The van der Waals surface area contributed by atoms with Crippen LogP contribution in [0.25, 0.3) is 0 Å². The number of ketones is 1. The van der Waals surface area contributed by atoms with Crippen molar-refractivity contribution in [1.29, 1.82) is 0 Å². The predicted octanol–water partition coefficient (Wildman–Crippen LogP) is 1.34. The topological polar surface area (TPSA) is 177 Å². The highest BCUT2D eigenvalue weighted by Gasteiger charge is 2.48. The minimum Gasteiger partial charge on any atom is -0.365 e. The van der Waals surface area contributed by atoms with Gasteiger partial charge in [-0.15, -0.1) is 6.58 Å². The Morgan fingerprint density at radius 1 is 1.02 bits per heavy atom. The summed E-state index contributed by atoms with van der Waals surface area (Å²) in [4.78, 5) is 55.2. The zero-order valence-electron chi connectivity index (χ0n) is 29.9. The summed E-state index contributed by atoms with van der Waals surface area (Å²) in [6.07, 6.45) is 2.03. The maximum absolute atomic E-state index is 14.3. The number of hydrogen-bond acceptors (Lipinski definition) is 9. The SMILES string of the molecule is C=CCNC(=O)C(=O)C(CCC)NC(=O)[C@@H]1[C@@H](C(C)C)CCN1C(=O)[C@@H](NC(O)N[C@H](CN1CCCS1(=O)=O)C(C)(C)C)C(C)(C)C. The van der Waals surface area contributed by atoms with Crippen LogP contribution < -0.4 is 21.3 Å². The van der Waals surface area contributed by atoms with Gasteiger partial charge in [0.1, 0.15) is 6.04 Å². The first-order chi connectivity index (χ1) is 21.6. The van der Waals surface area contributed by atoms with Gasteiger partial charge in [-0.1, -0.05) is 74.8 Å². The second kappa shape index (κ2) is 16.8. The molecule has 2 rings (SSSR count). The lowest BCUT2D eigenvalue weighted by Crippen LogP contribution is -2.64. The first-order valence-corrected chi connectivity index (χ1v) is 18.5. The van der Waals surface area contributed by atoms with Crippen LogP contribution in [0.5, 0.6) is 0 Å². The lowest BCUT2D eigenvalue weighted by Gasteiger charge is -2.40. The number of amides is 3. The molecule has 2 aliphatic rings. The smallest absolute Gasteiger partial charge is 0.289 e. The van der Waals surface area contributed by atoms with E-state index in [2.05, 4.69) is 27.8 Å². The molecule has 2 aliphatic heterocycles. The number of carbonyl (C=O) groups is 4. The predicted molar refractivity (Wildman–Crippen MR) is 182 cm³/mol. The second-order valence-electron chi connectivity index (χ2n) is 15.4. The number of nitrogens with one attached hydrogen (secondary N) is 4. The van der Waals surface area contributed by atoms with Gasteiger partial charge in [-0.25, -0.2) is 12.7 Å². The fraction of sp³-hybridized carbons (Fsp3) is 0.818. The van der Waals surface area contributed by atoms with Crippen molar-refractivity contribution in [2.75, 3.05) is 31.9 Å². The Bertz CT molecular complexity index is 1230. The van der Waals surface area contributed by atoms with Crippen LogP contribution in [0.3, 0.4) is 0 Å². The third-order valence-corrected chi connectivity index (χ3v) is 11.0. The summed E-state index contributed by atoms with van der Waals surface area (Å²) in [5.74, 6) is -2.48. The van der Waals surface area contributed by atoms with Gasteiger partial charge < -0.3 is 20.6 Å². The molecule has 47 heavy (non-hydrogen) atoms. The van der Waals surface area contributed by atoms with E-state index >= 15 is 0 Å². The van der Waals surface area contributed by atoms with E-state index in [0.717, 1.165) is 0 Å². The third kappa shape index (κ3) is 11.1. The van der Waals surface area contributed by atoms with E-state index in [0.29, 0.717) is 32.4 Å². The first-order valence-electron chi connectivity index (χ1n) is 16.9. The Kier molecular flexibility index (Phi) is 14.6. The van der Waals surface area contributed by atoms with Gasteiger partial charge in [0.2, 0.25) is 27.6 Å². The van der Waals surface area contributed by atoms with Crippen molar-refractivity contribution in [2.45, 2.75) is 119 Å². The van der Waals surface area contributed by atoms with Crippen LogP contribution in [0, 0.1) is 22.7 Å². The summed E-state index contributed by atoms with van der Waals surface area (Å²) < 4.78 is 26.5. The van der Waals surface area contributed by atoms with Gasteiger partial charge in [0, 0.05) is 32.2 Å². The minimum absolute atomic E-state index is 0.0440. The van der Waals surface area contributed by atoms with Crippen molar-refractivity contribution in [2.24, 2.45) is 22.7 Å². The molecule has 2 saturated heterocycles. The number of hydrogen-bond donors (Lipinski definition) is 5. The third-order valence-electron chi connectivity index (χ3n) is 9.13. The van der Waals surface area contributed by atoms with E-state index < -0.39 is 69.0 Å². The van der Waals surface area contributed by atoms with E-state index in [9.17, 15) is 32.7 Å². The fourth-order valence-corrected chi connectivity index (χ4v) is 7.79. The van der Waals surface area contributed by atoms with Crippen molar-refractivity contribution in [3.8, 4) is 0 Å². The molecule has 0 radical (unpaired) electrons. The van der Waals surface area contributed by atoms with Crippen LogP contribution in [0.15, 0.2) is 12.7 Å². The number of carbonyl (C=O) groups excluding carboxylic acids is 4. The van der Waals surface area contributed by atoms with E-state index in [1.54, 1.807) is 0 Å². The van der Waals surface area contributed by atoms with Crippen LogP contribution in [-0.4, -0.2) is 109 Å². The summed E-state index contributed by atoms with van der Waals surface area (Å²) in [5, 5.41) is 22.7. The second-order valence-corrected chi connectivity index (χ2v) is 17.5. The number of rotatable bonds is 16. The maximum atomic E-state index is 14.3. The van der Waals surface area contributed by atoms with Gasteiger partial charge in [0.05, 0.1) is 17.8 Å². The Hall–Kier alpha value is -2.39. The molecule has 2 heterocycles. The van der Waals surface area contributed by atoms with Gasteiger partial charge in [0.15, 0.2) is 6.35 Å². The lowest BCUT2D eigenvalue weighted by molar-refractivity contribution is -0.146. The number of Topliss-reactive ketones (excluding diaryl/α,β-unsaturated/α-hetero) is 1. The van der Waals surface area contributed by atoms with Crippen LogP contribution in [0.4, 0.5) is 0 Å². The molecule has 3 amide bonds. The molecule has 0 aromatic carbocycles. The highest BCUT2D eigenvalue weighted by molar-refractivity contribution is 7.89. The number of aliphatic hydroxyl groups is 1. The molecule has 2 unspecified atom stereocenters. The summed E-state index contributed by atoms with van der Waals surface area (Å²) in [7, 11) is -3.36. The number of sulfonamides is 1. The average molecular weight is 685 g/mol. The molecule has 6 atom stereocenters. The number of aliphatic hydroxyl groups excluding tert-OH is 1. The maximum Gasteiger partial charge on any atom is 0.289 e. The van der Waals surface area contributed by atoms with Gasteiger partial charge in [0.25, 0.3) is 5.91 Å². The summed E-state index contributed by atoms with van der Waals surface area (Å²) in [5.41, 5.74) is -1.13. The molecule has 2 fully saturated rings. The zero-order chi connectivity index (χ0) is 35.9. The molecular weight excluding hydrogens is 624 g/mol. The zero-order valence-corrected chi connectivity index (χ0v) is 30.7. The van der Waals surface area contributed by atoms with Crippen LogP contribution in [0.1, 0.15) is 88.0 Å². The molecule has 13 nitrogen and oxygen atoms in total. The van der Waals surface area contributed by atoms with Crippen LogP contribution in [-0.2, 0) is 29.2 Å². The monoisotopic (exact) mass is 684 g/mol. The van der Waals surface area contributed by atoms with Crippen LogP contribution in [0.2, 0.25) is 0 Å². The number of nitrogens with zero attached hydrogens (tertiary/aromatic N) is 2. The van der Waals surface area contributed by atoms with Gasteiger partial charge in [-0.2, -0.15) is 0 Å². The fourth-order valence-electron chi connectivity index (χ4n) is 6.25. The normalized spacial score (nSPS) is 22.8. The quantitative estimate of drug-likeness (QED) is 0.0912. The van der Waals surface area contributed by atoms with E-state index in [4.69, 9.17) is 0 Å². The van der Waals surface area contributed by atoms with Crippen molar-refractivity contribution < 1.29 is 32.7 Å². The Balaban J connectivity index is 2.32. The molecule has 0 aromatic heterocycles. The van der Waals surface area contributed by atoms with Crippen molar-refractivity contribution in [3.63, 3.8) is 0 Å². The Labute approximate surface area is 282 Å². The molecule has 0 spiro atoms. The average Bonchev–Trinajstić information content (AvgIpc) is 3.55. The largest absolute Gasteiger partial charge is 0.365 e. The van der Waals surface area contributed by atoms with Crippen LogP contribution >= 0.6 is 0 Å². The van der Waals surface area contributed by atoms with Gasteiger partial charge in [-0.05, 0) is 41.9 Å². The summed E-state index contributed by atoms with van der Waals surface area (Å²) in [6, 6.07) is -3.30. The first kappa shape index (κ1) is 40.8. The van der Waals surface area contributed by atoms with Gasteiger partial charge in [-0.3, -0.25) is 29.8 Å². The molecule has 0 bridgehead atoms. The lowest BCUT2D eigenvalue weighted by atomic mass is 9.84. The van der Waals surface area contributed by atoms with Gasteiger partial charge >= 0.3 is 0 Å². The Morgan fingerprint density at radius 3 is 2.15 bits per heavy atom. The van der Waals surface area contributed by atoms with Crippen molar-refractivity contribution >= 4 is 33.5 Å². The minimum atomic E-state index is -3.36. The standard InChI is InChI=1S/C33H60N6O7S/c1-11-14-23(26(40)29(42)34-16-12-2)35-28(41)25-22(21(3)4)15-18-39(25)30(43)27(33(8,9)10)37-31(44)36-24(32(5,6)7)20-38-17-13-19-47(38,45)46/h12,21-25,27,31,36-37,44H,2,11,13-20H2,1,3-10H3,(H,34,42)(H,35,41)/t22-,23?,24-,25+,27-,31?/m1/s1. The highest BCUT2D eigenvalue weighted by atomic mass is 32.2. The summed E-state index contributed by atoms with van der Waals surface area (Å²) >= 11 is 0.